The Morgan fingerprint density at radius 1 is 0.906 bits per heavy atom. The summed E-state index contributed by atoms with van der Waals surface area (Å²) in [6, 6.07) is 9.03. The number of piperidine rings is 2. The molecule has 2 fully saturated rings. The van der Waals surface area contributed by atoms with Crippen LogP contribution in [0.2, 0.25) is 0 Å². The summed E-state index contributed by atoms with van der Waals surface area (Å²) in [5.41, 5.74) is 3.53. The summed E-state index contributed by atoms with van der Waals surface area (Å²) >= 11 is 0. The first kappa shape index (κ1) is 19.7. The molecule has 8 heteroatoms. The Bertz CT molecular complexity index is 1260. The molecule has 4 aromatic rings. The topological polar surface area (TPSA) is 63.8 Å². The van der Waals surface area contributed by atoms with Gasteiger partial charge in [-0.15, -0.1) is 0 Å². The molecule has 32 heavy (non-hydrogen) atoms. The number of H-pyrrole nitrogens is 2. The quantitative estimate of drug-likeness (QED) is 0.482. The summed E-state index contributed by atoms with van der Waals surface area (Å²) in [6.45, 7) is 4.61. The van der Waals surface area contributed by atoms with E-state index in [4.69, 9.17) is 0 Å². The third-order valence-corrected chi connectivity index (χ3v) is 7.01. The molecule has 0 unspecified atom stereocenters. The number of anilines is 1. The van der Waals surface area contributed by atoms with Crippen molar-refractivity contribution < 1.29 is 8.78 Å². The van der Waals surface area contributed by atoms with Gasteiger partial charge >= 0.3 is 0 Å². The van der Waals surface area contributed by atoms with Crippen LogP contribution in [0.5, 0.6) is 0 Å². The van der Waals surface area contributed by atoms with E-state index in [1.807, 2.05) is 6.07 Å². The summed E-state index contributed by atoms with van der Waals surface area (Å²) in [5.74, 6) is -0.817. The maximum atomic E-state index is 14.4. The zero-order chi connectivity index (χ0) is 21.7. The van der Waals surface area contributed by atoms with E-state index in [0.29, 0.717) is 23.1 Å². The lowest BCUT2D eigenvalue weighted by molar-refractivity contribution is 0.141. The maximum Gasteiger partial charge on any atom is 0.159 e. The molecular formula is C24H26F2N6. The normalized spacial score (nSPS) is 18.8. The second-order valence-corrected chi connectivity index (χ2v) is 8.98. The minimum Gasteiger partial charge on any atom is -0.371 e. The Balaban J connectivity index is 1.24. The van der Waals surface area contributed by atoms with E-state index in [1.54, 1.807) is 0 Å². The zero-order valence-electron chi connectivity index (χ0n) is 17.9. The first-order chi connectivity index (χ1) is 15.7. The smallest absolute Gasteiger partial charge is 0.159 e. The van der Waals surface area contributed by atoms with Gasteiger partial charge in [-0.25, -0.2) is 13.8 Å². The molecule has 0 radical (unpaired) electrons. The number of nitrogens with one attached hydrogen (secondary N) is 2. The fourth-order valence-corrected chi connectivity index (χ4v) is 5.33. The van der Waals surface area contributed by atoms with Crippen LogP contribution in [0.25, 0.3) is 33.5 Å². The molecule has 0 bridgehead atoms. The van der Waals surface area contributed by atoms with Gasteiger partial charge in [0.2, 0.25) is 0 Å². The second-order valence-electron chi connectivity index (χ2n) is 8.98. The van der Waals surface area contributed by atoms with E-state index in [1.165, 1.54) is 56.9 Å². The zero-order valence-corrected chi connectivity index (χ0v) is 17.9. The predicted octanol–water partition coefficient (Wildman–Crippen LogP) is 4.84. The van der Waals surface area contributed by atoms with Crippen molar-refractivity contribution in [3.63, 3.8) is 0 Å². The Labute approximate surface area is 184 Å². The van der Waals surface area contributed by atoms with Crippen molar-refractivity contribution in [2.45, 2.75) is 38.1 Å². The highest BCUT2D eigenvalue weighted by atomic mass is 19.1. The third-order valence-electron chi connectivity index (χ3n) is 7.01. The number of fused-ring (bicyclic) bond motifs is 2. The molecule has 2 aliphatic rings. The summed E-state index contributed by atoms with van der Waals surface area (Å²) in [7, 11) is 0. The van der Waals surface area contributed by atoms with E-state index >= 15 is 0 Å². The molecule has 2 saturated heterocycles. The Morgan fingerprint density at radius 3 is 2.53 bits per heavy atom. The van der Waals surface area contributed by atoms with Crippen LogP contribution in [0.15, 0.2) is 30.3 Å². The summed E-state index contributed by atoms with van der Waals surface area (Å²) < 4.78 is 27.9. The van der Waals surface area contributed by atoms with Crippen molar-refractivity contribution in [1.82, 2.24) is 25.1 Å². The molecule has 0 atom stereocenters. The maximum absolute atomic E-state index is 14.4. The summed E-state index contributed by atoms with van der Waals surface area (Å²) in [6.07, 6.45) is 6.44. The highest BCUT2D eigenvalue weighted by molar-refractivity contribution is 5.93. The Morgan fingerprint density at radius 2 is 1.72 bits per heavy atom. The molecular weight excluding hydrogens is 410 g/mol. The molecule has 0 amide bonds. The molecule has 2 aromatic heterocycles. The minimum absolute atomic E-state index is 0.241. The number of hydrogen-bond acceptors (Lipinski definition) is 4. The van der Waals surface area contributed by atoms with Crippen LogP contribution in [0, 0.1) is 11.6 Å². The van der Waals surface area contributed by atoms with Gasteiger partial charge in [-0.2, -0.15) is 5.10 Å². The van der Waals surface area contributed by atoms with Gasteiger partial charge in [0.05, 0.1) is 21.9 Å². The van der Waals surface area contributed by atoms with Crippen molar-refractivity contribution in [1.29, 1.82) is 0 Å². The highest BCUT2D eigenvalue weighted by Crippen LogP contribution is 2.31. The first-order valence-electron chi connectivity index (χ1n) is 11.5. The van der Waals surface area contributed by atoms with Gasteiger partial charge in [-0.1, -0.05) is 6.42 Å². The number of nitrogens with zero attached hydrogens (tertiary/aromatic N) is 4. The molecule has 0 spiro atoms. The lowest BCUT2D eigenvalue weighted by Crippen LogP contribution is -2.46. The Kier molecular flexibility index (Phi) is 4.82. The second kappa shape index (κ2) is 7.85. The van der Waals surface area contributed by atoms with E-state index in [9.17, 15) is 8.78 Å². The Hall–Kier alpha value is -3.00. The van der Waals surface area contributed by atoms with E-state index < -0.39 is 11.6 Å². The molecule has 2 N–H and O–H groups in total. The average molecular weight is 437 g/mol. The molecule has 4 heterocycles. The summed E-state index contributed by atoms with van der Waals surface area (Å²) in [4.78, 5) is 13.0. The fraction of sp³-hybridized carbons (Fsp3) is 0.417. The molecule has 0 saturated carbocycles. The first-order valence-corrected chi connectivity index (χ1v) is 11.5. The van der Waals surface area contributed by atoms with Crippen molar-refractivity contribution in [3.05, 3.63) is 42.0 Å². The SMILES string of the molecule is Fc1cc(F)c2c(-c3nc4ccc(N5CCC(N6CCCCC6)CC5)cc4[nH]3)n[nH]c2c1. The van der Waals surface area contributed by atoms with Crippen LogP contribution in [-0.2, 0) is 0 Å². The molecule has 6 rings (SSSR count). The van der Waals surface area contributed by atoms with Gasteiger partial charge in [0.15, 0.2) is 5.82 Å². The van der Waals surface area contributed by atoms with Crippen LogP contribution >= 0.6 is 0 Å². The van der Waals surface area contributed by atoms with Crippen LogP contribution in [-0.4, -0.2) is 57.3 Å². The molecule has 0 aliphatic carbocycles. The van der Waals surface area contributed by atoms with Crippen LogP contribution in [0.3, 0.4) is 0 Å². The van der Waals surface area contributed by atoms with Crippen LogP contribution < -0.4 is 4.90 Å². The third kappa shape index (κ3) is 3.43. The summed E-state index contributed by atoms with van der Waals surface area (Å²) in [5, 5.41) is 7.13. The molecule has 2 aromatic carbocycles. The number of imidazole rings is 1. The minimum atomic E-state index is -0.651. The van der Waals surface area contributed by atoms with Gasteiger partial charge in [0, 0.05) is 30.9 Å². The number of likely N-dealkylation sites (tertiary alicyclic amines) is 1. The number of hydrogen-bond donors (Lipinski definition) is 2. The standard InChI is InChI=1S/C24H26F2N6/c25-15-12-18(26)22-21(13-15)29-30-23(22)24-27-19-5-4-17(14-20(19)28-24)32-10-6-16(7-11-32)31-8-2-1-3-9-31/h4-5,12-14,16H,1-3,6-11H2,(H,27,28)(H,29,30). The average Bonchev–Trinajstić information content (AvgIpc) is 3.43. The van der Waals surface area contributed by atoms with Crippen LogP contribution in [0.4, 0.5) is 14.5 Å². The van der Waals surface area contributed by atoms with Gasteiger partial charge in [0.1, 0.15) is 17.3 Å². The van der Waals surface area contributed by atoms with Gasteiger partial charge in [-0.3, -0.25) is 5.10 Å². The number of halogens is 2. The van der Waals surface area contributed by atoms with Crippen molar-refractivity contribution in [2.75, 3.05) is 31.1 Å². The lowest BCUT2D eigenvalue weighted by atomic mass is 9.99. The number of aromatic nitrogens is 4. The van der Waals surface area contributed by atoms with Crippen molar-refractivity contribution in [2.24, 2.45) is 0 Å². The number of rotatable bonds is 3. The largest absolute Gasteiger partial charge is 0.371 e. The molecule has 6 nitrogen and oxygen atoms in total. The van der Waals surface area contributed by atoms with Gasteiger partial charge < -0.3 is 14.8 Å². The van der Waals surface area contributed by atoms with Gasteiger partial charge in [0.25, 0.3) is 0 Å². The van der Waals surface area contributed by atoms with Crippen molar-refractivity contribution >= 4 is 27.6 Å². The number of aromatic amines is 2. The van der Waals surface area contributed by atoms with Crippen molar-refractivity contribution in [3.8, 4) is 11.5 Å². The number of benzene rings is 2. The van der Waals surface area contributed by atoms with E-state index in [0.717, 1.165) is 30.2 Å². The highest BCUT2D eigenvalue weighted by Gasteiger charge is 2.26. The van der Waals surface area contributed by atoms with Crippen LogP contribution in [0.1, 0.15) is 32.1 Å². The molecule has 2 aliphatic heterocycles. The molecule has 166 valence electrons. The van der Waals surface area contributed by atoms with E-state index in [2.05, 4.69) is 42.1 Å². The van der Waals surface area contributed by atoms with Gasteiger partial charge in [-0.05, 0) is 63.0 Å². The van der Waals surface area contributed by atoms with E-state index in [-0.39, 0.29) is 5.39 Å². The monoisotopic (exact) mass is 436 g/mol. The predicted molar refractivity (Wildman–Crippen MR) is 122 cm³/mol. The lowest BCUT2D eigenvalue weighted by Gasteiger charge is -2.41. The fourth-order valence-electron chi connectivity index (χ4n) is 5.33.